The number of halogens is 2. The maximum absolute atomic E-state index is 13.1. The van der Waals surface area contributed by atoms with Crippen LogP contribution in [-0.4, -0.2) is 23.9 Å². The number of hydrogen-bond donors (Lipinski definition) is 2. The van der Waals surface area contributed by atoms with E-state index in [0.717, 1.165) is 12.1 Å². The SMILES string of the molecule is CC(O)(CN)COc1c(F)cccc1F. The molecule has 15 heavy (non-hydrogen) atoms. The van der Waals surface area contributed by atoms with E-state index in [1.54, 1.807) is 0 Å². The molecule has 0 bridgehead atoms. The van der Waals surface area contributed by atoms with Crippen LogP contribution >= 0.6 is 0 Å². The third-order valence-electron chi connectivity index (χ3n) is 1.89. The Balaban J connectivity index is 2.73. The second-order valence-electron chi connectivity index (χ2n) is 3.54. The van der Waals surface area contributed by atoms with Crippen LogP contribution in [0.2, 0.25) is 0 Å². The van der Waals surface area contributed by atoms with Crippen molar-refractivity contribution in [3.8, 4) is 5.75 Å². The molecule has 0 aliphatic heterocycles. The number of benzene rings is 1. The van der Waals surface area contributed by atoms with E-state index >= 15 is 0 Å². The molecule has 0 aliphatic rings. The molecule has 0 saturated carbocycles. The Labute approximate surface area is 86.5 Å². The Morgan fingerprint density at radius 1 is 1.40 bits per heavy atom. The van der Waals surface area contributed by atoms with E-state index < -0.39 is 23.0 Å². The van der Waals surface area contributed by atoms with Gasteiger partial charge >= 0.3 is 0 Å². The normalized spacial score (nSPS) is 14.7. The average molecular weight is 217 g/mol. The average Bonchev–Trinajstić information content (AvgIpc) is 2.17. The van der Waals surface area contributed by atoms with Gasteiger partial charge in [-0.15, -0.1) is 0 Å². The topological polar surface area (TPSA) is 55.5 Å². The van der Waals surface area contributed by atoms with Crippen LogP contribution in [0, 0.1) is 11.6 Å². The Morgan fingerprint density at radius 2 is 1.93 bits per heavy atom. The highest BCUT2D eigenvalue weighted by Gasteiger charge is 2.21. The lowest BCUT2D eigenvalue weighted by molar-refractivity contribution is 0.0170. The quantitative estimate of drug-likeness (QED) is 0.792. The van der Waals surface area contributed by atoms with E-state index in [1.165, 1.54) is 13.0 Å². The first-order valence-electron chi connectivity index (χ1n) is 4.45. The monoisotopic (exact) mass is 217 g/mol. The fraction of sp³-hybridized carbons (Fsp3) is 0.400. The van der Waals surface area contributed by atoms with Crippen LogP contribution in [-0.2, 0) is 0 Å². The summed E-state index contributed by atoms with van der Waals surface area (Å²) in [5, 5.41) is 9.47. The highest BCUT2D eigenvalue weighted by atomic mass is 19.1. The molecular formula is C10H13F2NO2. The van der Waals surface area contributed by atoms with Crippen LogP contribution in [0.4, 0.5) is 8.78 Å². The van der Waals surface area contributed by atoms with Gasteiger partial charge in [0.05, 0.1) is 0 Å². The van der Waals surface area contributed by atoms with Crippen LogP contribution in [0.1, 0.15) is 6.92 Å². The van der Waals surface area contributed by atoms with Crippen molar-refractivity contribution in [2.24, 2.45) is 5.73 Å². The maximum atomic E-state index is 13.1. The second kappa shape index (κ2) is 4.55. The lowest BCUT2D eigenvalue weighted by Crippen LogP contribution is -2.40. The molecule has 0 radical (unpaired) electrons. The highest BCUT2D eigenvalue weighted by molar-refractivity contribution is 5.26. The fourth-order valence-corrected chi connectivity index (χ4v) is 0.907. The van der Waals surface area contributed by atoms with E-state index in [9.17, 15) is 13.9 Å². The molecule has 84 valence electrons. The minimum Gasteiger partial charge on any atom is -0.485 e. The van der Waals surface area contributed by atoms with Gasteiger partial charge in [-0.25, -0.2) is 8.78 Å². The van der Waals surface area contributed by atoms with Crippen LogP contribution < -0.4 is 10.5 Å². The molecule has 0 aliphatic carbocycles. The zero-order valence-electron chi connectivity index (χ0n) is 8.34. The maximum Gasteiger partial charge on any atom is 0.190 e. The van der Waals surface area contributed by atoms with Crippen LogP contribution in [0.5, 0.6) is 5.75 Å². The van der Waals surface area contributed by atoms with Gasteiger partial charge in [0.15, 0.2) is 17.4 Å². The predicted octanol–water partition coefficient (Wildman–Crippen LogP) is 1.05. The van der Waals surface area contributed by atoms with Gasteiger partial charge in [-0.2, -0.15) is 0 Å². The molecule has 0 fully saturated rings. The number of hydrogen-bond acceptors (Lipinski definition) is 3. The van der Waals surface area contributed by atoms with E-state index in [-0.39, 0.29) is 13.2 Å². The number of nitrogens with two attached hydrogens (primary N) is 1. The lowest BCUT2D eigenvalue weighted by Gasteiger charge is -2.21. The molecule has 0 saturated heterocycles. The van der Waals surface area contributed by atoms with Crippen molar-refractivity contribution >= 4 is 0 Å². The summed E-state index contributed by atoms with van der Waals surface area (Å²) in [5.41, 5.74) is 3.93. The summed E-state index contributed by atoms with van der Waals surface area (Å²) in [4.78, 5) is 0. The van der Waals surface area contributed by atoms with Crippen molar-refractivity contribution in [3.63, 3.8) is 0 Å². The van der Waals surface area contributed by atoms with E-state index in [4.69, 9.17) is 10.5 Å². The second-order valence-corrected chi connectivity index (χ2v) is 3.54. The first-order chi connectivity index (χ1) is 6.96. The summed E-state index contributed by atoms with van der Waals surface area (Å²) >= 11 is 0. The molecule has 3 nitrogen and oxygen atoms in total. The van der Waals surface area contributed by atoms with Crippen molar-refractivity contribution in [2.75, 3.05) is 13.2 Å². The standard InChI is InChI=1S/C10H13F2NO2/c1-10(14,5-13)6-15-9-7(11)3-2-4-8(9)12/h2-4,14H,5-6,13H2,1H3. The molecule has 1 unspecified atom stereocenters. The minimum absolute atomic E-state index is 0.0525. The van der Waals surface area contributed by atoms with Crippen molar-refractivity contribution in [2.45, 2.75) is 12.5 Å². The molecule has 0 amide bonds. The molecule has 0 aromatic heterocycles. The molecule has 0 heterocycles. The Hall–Kier alpha value is -1.20. The molecule has 3 N–H and O–H groups in total. The van der Waals surface area contributed by atoms with Gasteiger partial charge in [-0.1, -0.05) is 6.07 Å². The van der Waals surface area contributed by atoms with E-state index in [0.29, 0.717) is 0 Å². The van der Waals surface area contributed by atoms with Gasteiger partial charge in [0.1, 0.15) is 12.2 Å². The molecule has 1 rings (SSSR count). The van der Waals surface area contributed by atoms with Crippen molar-refractivity contribution in [1.82, 2.24) is 0 Å². The summed E-state index contributed by atoms with van der Waals surface area (Å²) in [7, 11) is 0. The number of aliphatic hydroxyl groups is 1. The first kappa shape index (κ1) is 11.9. The van der Waals surface area contributed by atoms with Gasteiger partial charge in [0, 0.05) is 6.54 Å². The number of para-hydroxylation sites is 1. The van der Waals surface area contributed by atoms with Gasteiger partial charge in [-0.05, 0) is 19.1 Å². The van der Waals surface area contributed by atoms with Crippen LogP contribution in [0.3, 0.4) is 0 Å². The van der Waals surface area contributed by atoms with Crippen LogP contribution in [0.15, 0.2) is 18.2 Å². The van der Waals surface area contributed by atoms with Gasteiger partial charge in [0.2, 0.25) is 0 Å². The summed E-state index contributed by atoms with van der Waals surface area (Å²) < 4.78 is 30.9. The van der Waals surface area contributed by atoms with Crippen molar-refractivity contribution in [1.29, 1.82) is 0 Å². The summed E-state index contributed by atoms with van der Waals surface area (Å²) in [6, 6.07) is 3.39. The van der Waals surface area contributed by atoms with E-state index in [2.05, 4.69) is 0 Å². The Morgan fingerprint density at radius 3 is 2.40 bits per heavy atom. The molecule has 5 heteroatoms. The largest absolute Gasteiger partial charge is 0.485 e. The third-order valence-corrected chi connectivity index (χ3v) is 1.89. The number of rotatable bonds is 4. The summed E-state index contributed by atoms with van der Waals surface area (Å²) in [6.45, 7) is 1.11. The smallest absolute Gasteiger partial charge is 0.190 e. The number of ether oxygens (including phenoxy) is 1. The van der Waals surface area contributed by atoms with Crippen molar-refractivity contribution < 1.29 is 18.6 Å². The predicted molar refractivity (Wildman–Crippen MR) is 51.5 cm³/mol. The zero-order valence-corrected chi connectivity index (χ0v) is 8.34. The summed E-state index contributed by atoms with van der Waals surface area (Å²) in [5.74, 6) is -2.10. The molecule has 1 aromatic carbocycles. The third kappa shape index (κ3) is 3.14. The fourth-order valence-electron chi connectivity index (χ4n) is 0.907. The molecular weight excluding hydrogens is 204 g/mol. The Bertz CT molecular complexity index is 322. The minimum atomic E-state index is -1.30. The van der Waals surface area contributed by atoms with Gasteiger partial charge in [0.25, 0.3) is 0 Å². The van der Waals surface area contributed by atoms with Crippen LogP contribution in [0.25, 0.3) is 0 Å². The van der Waals surface area contributed by atoms with Gasteiger partial charge < -0.3 is 15.6 Å². The zero-order chi connectivity index (χ0) is 11.5. The van der Waals surface area contributed by atoms with Crippen molar-refractivity contribution in [3.05, 3.63) is 29.8 Å². The molecule has 1 aromatic rings. The van der Waals surface area contributed by atoms with E-state index in [1.807, 2.05) is 0 Å². The summed E-state index contributed by atoms with van der Waals surface area (Å²) in [6.07, 6.45) is 0. The molecule has 0 spiro atoms. The Kier molecular flexibility index (Phi) is 3.60. The lowest BCUT2D eigenvalue weighted by atomic mass is 10.1. The molecule has 1 atom stereocenters. The van der Waals surface area contributed by atoms with Gasteiger partial charge in [-0.3, -0.25) is 0 Å². The highest BCUT2D eigenvalue weighted by Crippen LogP contribution is 2.21. The first-order valence-corrected chi connectivity index (χ1v) is 4.45.